The number of fused-ring (bicyclic) bond motifs is 6. The maximum absolute atomic E-state index is 14.3. The molecule has 0 unspecified atom stereocenters. The van der Waals surface area contributed by atoms with Gasteiger partial charge in [0.1, 0.15) is 23.3 Å². The summed E-state index contributed by atoms with van der Waals surface area (Å²) in [7, 11) is 0. The number of halogens is 4. The molecule has 0 saturated carbocycles. The second-order valence-corrected chi connectivity index (χ2v) is 7.88. The predicted octanol–water partition coefficient (Wildman–Crippen LogP) is 7.17. The van der Waals surface area contributed by atoms with Crippen molar-refractivity contribution < 1.29 is 17.6 Å². The van der Waals surface area contributed by atoms with E-state index in [1.54, 1.807) is 24.3 Å². The van der Waals surface area contributed by atoms with Crippen LogP contribution in [0, 0.1) is 23.3 Å². The van der Waals surface area contributed by atoms with E-state index in [-0.39, 0.29) is 0 Å². The number of hydrogen-bond acceptors (Lipinski definition) is 0. The molecule has 0 N–H and O–H groups in total. The molecule has 146 valence electrons. The van der Waals surface area contributed by atoms with E-state index in [2.05, 4.69) is 0 Å². The van der Waals surface area contributed by atoms with E-state index in [1.165, 1.54) is 48.5 Å². The fraction of sp³-hybridized carbons (Fsp3) is 0.0769. The zero-order valence-corrected chi connectivity index (χ0v) is 15.6. The molecule has 4 heteroatoms. The summed E-state index contributed by atoms with van der Waals surface area (Å²) >= 11 is 0. The van der Waals surface area contributed by atoms with Crippen molar-refractivity contribution >= 4 is 0 Å². The van der Waals surface area contributed by atoms with Crippen LogP contribution < -0.4 is 0 Å². The van der Waals surface area contributed by atoms with Crippen molar-refractivity contribution in [2.45, 2.75) is 11.8 Å². The Morgan fingerprint density at radius 1 is 0.367 bits per heavy atom. The smallest absolute Gasteiger partial charge is 0.123 e. The van der Waals surface area contributed by atoms with Gasteiger partial charge in [-0.1, -0.05) is 24.3 Å². The summed E-state index contributed by atoms with van der Waals surface area (Å²) in [6.07, 6.45) is 0. The first kappa shape index (κ1) is 17.5. The summed E-state index contributed by atoms with van der Waals surface area (Å²) in [5.74, 6) is -2.50. The van der Waals surface area contributed by atoms with Crippen LogP contribution in [0.3, 0.4) is 0 Å². The van der Waals surface area contributed by atoms with Gasteiger partial charge in [-0.3, -0.25) is 0 Å². The van der Waals surface area contributed by atoms with Gasteiger partial charge in [-0.25, -0.2) is 17.6 Å². The Balaban J connectivity index is 1.69. The Morgan fingerprint density at radius 3 is 0.833 bits per heavy atom. The second kappa shape index (κ2) is 6.05. The Bertz CT molecular complexity index is 1150. The lowest BCUT2D eigenvalue weighted by Crippen LogP contribution is -2.11. The largest absolute Gasteiger partial charge is 0.207 e. The van der Waals surface area contributed by atoms with Crippen LogP contribution in [0.4, 0.5) is 17.6 Å². The molecular formula is C26H14F4. The molecule has 0 amide bonds. The quantitative estimate of drug-likeness (QED) is 0.296. The maximum Gasteiger partial charge on any atom is 0.123 e. The summed E-state index contributed by atoms with van der Waals surface area (Å²) in [4.78, 5) is 0. The molecule has 0 aliphatic heterocycles. The van der Waals surface area contributed by atoms with Crippen LogP contribution in [-0.4, -0.2) is 0 Å². The Kier molecular flexibility index (Phi) is 3.52. The van der Waals surface area contributed by atoms with Gasteiger partial charge >= 0.3 is 0 Å². The normalized spacial score (nSPS) is 14.4. The van der Waals surface area contributed by atoms with Gasteiger partial charge in [0.15, 0.2) is 0 Å². The molecule has 30 heavy (non-hydrogen) atoms. The van der Waals surface area contributed by atoms with Crippen molar-refractivity contribution in [3.63, 3.8) is 0 Å². The third kappa shape index (κ3) is 2.34. The molecule has 0 spiro atoms. The van der Waals surface area contributed by atoms with Crippen LogP contribution in [0.5, 0.6) is 0 Å². The van der Waals surface area contributed by atoms with Gasteiger partial charge in [0.25, 0.3) is 0 Å². The van der Waals surface area contributed by atoms with Crippen molar-refractivity contribution in [3.05, 3.63) is 118 Å². The van der Waals surface area contributed by atoms with Crippen molar-refractivity contribution in [2.24, 2.45) is 0 Å². The molecular weight excluding hydrogens is 388 g/mol. The van der Waals surface area contributed by atoms with Crippen LogP contribution in [0.25, 0.3) is 22.3 Å². The summed E-state index contributed by atoms with van der Waals surface area (Å²) in [6, 6.07) is 18.1. The first-order chi connectivity index (χ1) is 14.5. The zero-order valence-electron chi connectivity index (χ0n) is 15.6. The highest BCUT2D eigenvalue weighted by Crippen LogP contribution is 2.58. The van der Waals surface area contributed by atoms with Crippen molar-refractivity contribution in [3.8, 4) is 22.3 Å². The molecule has 2 aliphatic rings. The third-order valence-corrected chi connectivity index (χ3v) is 6.31. The standard InChI is InChI=1S/C26H14F4/c27-13-1-5-17-18-6-2-14(28)10-22(18)25(21(17)9-13)26-23-11-15(29)3-7-19(23)20-8-4-16(30)12-24(20)26/h1-12,25-26H. The van der Waals surface area contributed by atoms with Gasteiger partial charge in [-0.05, 0) is 93.0 Å². The van der Waals surface area contributed by atoms with E-state index in [4.69, 9.17) is 0 Å². The minimum Gasteiger partial charge on any atom is -0.207 e. The van der Waals surface area contributed by atoms with Gasteiger partial charge < -0.3 is 0 Å². The summed E-state index contributed by atoms with van der Waals surface area (Å²) in [5, 5.41) is 0. The number of rotatable bonds is 1. The van der Waals surface area contributed by atoms with Gasteiger partial charge in [0.2, 0.25) is 0 Å². The lowest BCUT2D eigenvalue weighted by atomic mass is 9.78. The molecule has 0 atom stereocenters. The molecule has 2 aliphatic carbocycles. The molecule has 0 radical (unpaired) electrons. The number of hydrogen-bond donors (Lipinski definition) is 0. The fourth-order valence-electron chi connectivity index (χ4n) is 5.20. The molecule has 0 fully saturated rings. The van der Waals surface area contributed by atoms with Crippen LogP contribution in [0.1, 0.15) is 34.1 Å². The molecule has 6 rings (SSSR count). The molecule has 0 heterocycles. The first-order valence-electron chi connectivity index (χ1n) is 9.70. The molecule has 0 nitrogen and oxygen atoms in total. The van der Waals surface area contributed by atoms with E-state index in [9.17, 15) is 17.6 Å². The van der Waals surface area contributed by atoms with Gasteiger partial charge in [0, 0.05) is 11.8 Å². The van der Waals surface area contributed by atoms with Crippen molar-refractivity contribution in [2.75, 3.05) is 0 Å². The third-order valence-electron chi connectivity index (χ3n) is 6.31. The lowest BCUT2D eigenvalue weighted by molar-refractivity contribution is 0.606. The summed E-state index contributed by atoms with van der Waals surface area (Å²) in [5.41, 5.74) is 6.08. The average molecular weight is 402 g/mol. The van der Waals surface area contributed by atoms with Crippen molar-refractivity contribution in [1.29, 1.82) is 0 Å². The highest BCUT2D eigenvalue weighted by molar-refractivity contribution is 5.84. The molecule has 4 aromatic carbocycles. The SMILES string of the molecule is Fc1ccc2c(c1)C(C1c3cc(F)ccc3-c3ccc(F)cc31)c1cc(F)ccc1-2. The molecule has 0 bridgehead atoms. The van der Waals surface area contributed by atoms with Gasteiger partial charge in [-0.15, -0.1) is 0 Å². The minimum absolute atomic E-state index is 0.399. The second-order valence-electron chi connectivity index (χ2n) is 7.88. The van der Waals surface area contributed by atoms with E-state index < -0.39 is 35.1 Å². The average Bonchev–Trinajstić information content (AvgIpc) is 3.18. The van der Waals surface area contributed by atoms with E-state index in [1.807, 2.05) is 0 Å². The first-order valence-corrected chi connectivity index (χ1v) is 9.70. The minimum atomic E-state index is -0.454. The van der Waals surface area contributed by atoms with E-state index in [0.29, 0.717) is 22.3 Å². The highest BCUT2D eigenvalue weighted by atomic mass is 19.1. The van der Waals surface area contributed by atoms with Gasteiger partial charge in [0.05, 0.1) is 0 Å². The van der Waals surface area contributed by atoms with Crippen molar-refractivity contribution in [1.82, 2.24) is 0 Å². The van der Waals surface area contributed by atoms with Crippen LogP contribution >= 0.6 is 0 Å². The Hall–Kier alpha value is -3.40. The highest BCUT2D eigenvalue weighted by Gasteiger charge is 2.41. The van der Waals surface area contributed by atoms with Crippen LogP contribution in [0.15, 0.2) is 72.8 Å². The molecule has 4 aromatic rings. The fourth-order valence-corrected chi connectivity index (χ4v) is 5.20. The monoisotopic (exact) mass is 402 g/mol. The summed E-state index contributed by atoms with van der Waals surface area (Å²) in [6.45, 7) is 0. The Labute approximate surface area is 170 Å². The van der Waals surface area contributed by atoms with E-state index >= 15 is 0 Å². The molecule has 0 saturated heterocycles. The zero-order chi connectivity index (χ0) is 20.6. The topological polar surface area (TPSA) is 0 Å². The van der Waals surface area contributed by atoms with Gasteiger partial charge in [-0.2, -0.15) is 0 Å². The maximum atomic E-state index is 14.3. The van der Waals surface area contributed by atoms with E-state index in [0.717, 1.165) is 22.3 Å². The van der Waals surface area contributed by atoms with Crippen LogP contribution in [-0.2, 0) is 0 Å². The Morgan fingerprint density at radius 2 is 0.600 bits per heavy atom. The lowest BCUT2D eigenvalue weighted by Gasteiger charge is -2.24. The number of benzene rings is 4. The summed E-state index contributed by atoms with van der Waals surface area (Å²) < 4.78 is 57.0. The molecule has 0 aromatic heterocycles. The van der Waals surface area contributed by atoms with Crippen LogP contribution in [0.2, 0.25) is 0 Å². The predicted molar refractivity (Wildman–Crippen MR) is 107 cm³/mol.